The standard InChI is InChI=1S/C24H27ClN4O3S/c1-17(30)21(15-18-9-4-3-5-10-18)26-22(31)16-33-24-28-27-23(29(24)13-8-14-32-2)19-11-6-7-12-20(19)25/h3-7,9-12,21H,8,13-16H2,1-2H3,(H,26,31)/t21-/m1/s1. The molecule has 0 saturated carbocycles. The van der Waals surface area contributed by atoms with Gasteiger partial charge in [0, 0.05) is 25.8 Å². The fourth-order valence-corrected chi connectivity index (χ4v) is 4.31. The highest BCUT2D eigenvalue weighted by Gasteiger charge is 2.20. The second-order valence-electron chi connectivity index (χ2n) is 7.49. The number of carbonyl (C=O) groups is 2. The Hall–Kier alpha value is -2.68. The van der Waals surface area contributed by atoms with Crippen molar-refractivity contribution in [2.75, 3.05) is 19.5 Å². The molecule has 0 fully saturated rings. The molecule has 174 valence electrons. The van der Waals surface area contributed by atoms with Crippen molar-refractivity contribution >= 4 is 35.1 Å². The number of Topliss-reactive ketones (excluding diaryl/α,β-unsaturated/α-hetero) is 1. The molecule has 3 aromatic rings. The number of amides is 1. The largest absolute Gasteiger partial charge is 0.385 e. The number of halogens is 1. The zero-order valence-electron chi connectivity index (χ0n) is 18.7. The van der Waals surface area contributed by atoms with Crippen LogP contribution in [0.3, 0.4) is 0 Å². The molecule has 3 rings (SSSR count). The Morgan fingerprint density at radius 1 is 1.12 bits per heavy atom. The monoisotopic (exact) mass is 486 g/mol. The lowest BCUT2D eigenvalue weighted by Gasteiger charge is -2.16. The molecule has 1 N–H and O–H groups in total. The lowest BCUT2D eigenvalue weighted by molar-refractivity contribution is -0.125. The number of ether oxygens (including phenoxy) is 1. The highest BCUT2D eigenvalue weighted by molar-refractivity contribution is 7.99. The van der Waals surface area contributed by atoms with Crippen molar-refractivity contribution in [2.24, 2.45) is 0 Å². The van der Waals surface area contributed by atoms with Crippen molar-refractivity contribution < 1.29 is 14.3 Å². The van der Waals surface area contributed by atoms with Gasteiger partial charge < -0.3 is 14.6 Å². The Labute approximate surface area is 202 Å². The molecule has 7 nitrogen and oxygen atoms in total. The van der Waals surface area contributed by atoms with E-state index in [4.69, 9.17) is 16.3 Å². The zero-order chi connectivity index (χ0) is 23.6. The van der Waals surface area contributed by atoms with E-state index in [-0.39, 0.29) is 17.4 Å². The highest BCUT2D eigenvalue weighted by atomic mass is 35.5. The minimum atomic E-state index is -0.571. The molecule has 1 heterocycles. The maximum Gasteiger partial charge on any atom is 0.231 e. The molecule has 0 aliphatic rings. The summed E-state index contributed by atoms with van der Waals surface area (Å²) in [5.74, 6) is 0.442. The average molecular weight is 487 g/mol. The van der Waals surface area contributed by atoms with E-state index in [1.54, 1.807) is 13.2 Å². The molecule has 0 bridgehead atoms. The molecular weight excluding hydrogens is 460 g/mol. The number of benzene rings is 2. The van der Waals surface area contributed by atoms with Gasteiger partial charge in [0.1, 0.15) is 0 Å². The molecule has 0 aliphatic carbocycles. The fraction of sp³-hybridized carbons (Fsp3) is 0.333. The van der Waals surface area contributed by atoms with Gasteiger partial charge in [-0.05, 0) is 37.5 Å². The lowest BCUT2D eigenvalue weighted by atomic mass is 10.0. The number of rotatable bonds is 12. The smallest absolute Gasteiger partial charge is 0.231 e. The molecule has 0 unspecified atom stereocenters. The average Bonchev–Trinajstić information content (AvgIpc) is 3.21. The van der Waals surface area contributed by atoms with Gasteiger partial charge in [0.2, 0.25) is 5.91 Å². The van der Waals surface area contributed by atoms with Crippen molar-refractivity contribution in [3.8, 4) is 11.4 Å². The van der Waals surface area contributed by atoms with Crippen LogP contribution in [0.15, 0.2) is 59.8 Å². The second kappa shape index (κ2) is 12.5. The van der Waals surface area contributed by atoms with Gasteiger partial charge in [0.25, 0.3) is 0 Å². The summed E-state index contributed by atoms with van der Waals surface area (Å²) in [7, 11) is 1.65. The normalized spacial score (nSPS) is 11.8. The van der Waals surface area contributed by atoms with E-state index in [0.29, 0.717) is 35.6 Å². The van der Waals surface area contributed by atoms with Crippen molar-refractivity contribution in [3.05, 3.63) is 65.2 Å². The Bertz CT molecular complexity index is 1070. The Kier molecular flexibility index (Phi) is 9.47. The number of hydrogen-bond donors (Lipinski definition) is 1. The van der Waals surface area contributed by atoms with Crippen LogP contribution in [-0.2, 0) is 27.3 Å². The molecule has 1 amide bonds. The molecule has 2 aromatic carbocycles. The van der Waals surface area contributed by atoms with Gasteiger partial charge >= 0.3 is 0 Å². The topological polar surface area (TPSA) is 86.1 Å². The third-order valence-electron chi connectivity index (χ3n) is 5.00. The van der Waals surface area contributed by atoms with Crippen LogP contribution in [0.4, 0.5) is 0 Å². The first-order valence-electron chi connectivity index (χ1n) is 10.6. The van der Waals surface area contributed by atoms with Crippen LogP contribution in [0.2, 0.25) is 5.02 Å². The zero-order valence-corrected chi connectivity index (χ0v) is 20.2. The van der Waals surface area contributed by atoms with Gasteiger partial charge in [-0.15, -0.1) is 10.2 Å². The van der Waals surface area contributed by atoms with E-state index < -0.39 is 6.04 Å². The molecule has 1 atom stereocenters. The highest BCUT2D eigenvalue weighted by Crippen LogP contribution is 2.29. The van der Waals surface area contributed by atoms with Gasteiger partial charge in [-0.1, -0.05) is 65.8 Å². The van der Waals surface area contributed by atoms with Crippen LogP contribution in [0.5, 0.6) is 0 Å². The maximum absolute atomic E-state index is 12.6. The molecule has 0 aliphatic heterocycles. The molecular formula is C24H27ClN4O3S. The number of nitrogens with one attached hydrogen (secondary N) is 1. The summed E-state index contributed by atoms with van der Waals surface area (Å²) >= 11 is 7.65. The summed E-state index contributed by atoms with van der Waals surface area (Å²) in [6, 6.07) is 16.5. The molecule has 0 saturated heterocycles. The van der Waals surface area contributed by atoms with Crippen LogP contribution >= 0.6 is 23.4 Å². The summed E-state index contributed by atoms with van der Waals surface area (Å²) in [5, 5.41) is 12.7. The van der Waals surface area contributed by atoms with Gasteiger partial charge in [-0.3, -0.25) is 9.59 Å². The van der Waals surface area contributed by atoms with E-state index in [1.165, 1.54) is 18.7 Å². The van der Waals surface area contributed by atoms with Crippen molar-refractivity contribution in [1.82, 2.24) is 20.1 Å². The van der Waals surface area contributed by atoms with Crippen LogP contribution in [0, 0.1) is 0 Å². The molecule has 1 aromatic heterocycles. The minimum Gasteiger partial charge on any atom is -0.385 e. The van der Waals surface area contributed by atoms with E-state index in [0.717, 1.165) is 17.5 Å². The van der Waals surface area contributed by atoms with Gasteiger partial charge in [0.15, 0.2) is 16.8 Å². The number of thioether (sulfide) groups is 1. The second-order valence-corrected chi connectivity index (χ2v) is 8.84. The summed E-state index contributed by atoms with van der Waals surface area (Å²) in [6.45, 7) is 2.70. The van der Waals surface area contributed by atoms with Crippen LogP contribution < -0.4 is 5.32 Å². The molecule has 0 spiro atoms. The van der Waals surface area contributed by atoms with E-state index in [9.17, 15) is 9.59 Å². The summed E-state index contributed by atoms with van der Waals surface area (Å²) < 4.78 is 7.13. The van der Waals surface area contributed by atoms with Crippen molar-refractivity contribution in [3.63, 3.8) is 0 Å². The third-order valence-corrected chi connectivity index (χ3v) is 6.30. The fourth-order valence-electron chi connectivity index (χ4n) is 3.32. The van der Waals surface area contributed by atoms with E-state index in [1.807, 2.05) is 53.1 Å². The Morgan fingerprint density at radius 3 is 2.55 bits per heavy atom. The first kappa shape index (κ1) is 25.0. The quantitative estimate of drug-likeness (QED) is 0.307. The number of nitrogens with zero attached hydrogens (tertiary/aromatic N) is 3. The Morgan fingerprint density at radius 2 is 1.85 bits per heavy atom. The molecule has 33 heavy (non-hydrogen) atoms. The predicted molar refractivity (Wildman–Crippen MR) is 130 cm³/mol. The maximum atomic E-state index is 12.6. The SMILES string of the molecule is COCCCn1c(SCC(=O)N[C@H](Cc2ccccc2)C(C)=O)nnc1-c1ccccc1Cl. The number of hydrogen-bond acceptors (Lipinski definition) is 6. The molecule has 9 heteroatoms. The number of ketones is 1. The Balaban J connectivity index is 1.69. The van der Waals surface area contributed by atoms with Crippen LogP contribution in [0.1, 0.15) is 18.9 Å². The van der Waals surface area contributed by atoms with Gasteiger partial charge in [-0.2, -0.15) is 0 Å². The lowest BCUT2D eigenvalue weighted by Crippen LogP contribution is -2.42. The van der Waals surface area contributed by atoms with Crippen LogP contribution in [-0.4, -0.2) is 52.0 Å². The van der Waals surface area contributed by atoms with Gasteiger partial charge in [0.05, 0.1) is 16.8 Å². The predicted octanol–water partition coefficient (Wildman–Crippen LogP) is 4.04. The summed E-state index contributed by atoms with van der Waals surface area (Å²) in [6.07, 6.45) is 1.21. The van der Waals surface area contributed by atoms with E-state index >= 15 is 0 Å². The van der Waals surface area contributed by atoms with E-state index in [2.05, 4.69) is 15.5 Å². The van der Waals surface area contributed by atoms with Crippen LogP contribution in [0.25, 0.3) is 11.4 Å². The minimum absolute atomic E-state index is 0.0825. The number of methoxy groups -OCH3 is 1. The number of carbonyl (C=O) groups excluding carboxylic acids is 2. The molecule has 0 radical (unpaired) electrons. The summed E-state index contributed by atoms with van der Waals surface area (Å²) in [5.41, 5.74) is 1.77. The third kappa shape index (κ3) is 7.15. The van der Waals surface area contributed by atoms with Crippen molar-refractivity contribution in [2.45, 2.75) is 37.5 Å². The number of aromatic nitrogens is 3. The summed E-state index contributed by atoms with van der Waals surface area (Å²) in [4.78, 5) is 24.7. The first-order chi connectivity index (χ1) is 16.0. The first-order valence-corrected chi connectivity index (χ1v) is 12.0. The van der Waals surface area contributed by atoms with Gasteiger partial charge in [-0.25, -0.2) is 0 Å². The van der Waals surface area contributed by atoms with Crippen molar-refractivity contribution in [1.29, 1.82) is 0 Å².